The summed E-state index contributed by atoms with van der Waals surface area (Å²) < 4.78 is 11.4. The molecule has 0 bridgehead atoms. The normalized spacial score (nSPS) is 21.6. The van der Waals surface area contributed by atoms with Crippen molar-refractivity contribution < 1.29 is 14.4 Å². The van der Waals surface area contributed by atoms with Crippen molar-refractivity contribution in [3.05, 3.63) is 33.3 Å². The number of ether oxygens (including phenoxy) is 2. The molecule has 1 aliphatic heterocycles. The van der Waals surface area contributed by atoms with Crippen molar-refractivity contribution in [3.8, 4) is 0 Å². The van der Waals surface area contributed by atoms with Crippen LogP contribution in [0.2, 0.25) is 5.02 Å². The van der Waals surface area contributed by atoms with Crippen LogP contribution < -0.4 is 5.32 Å². The highest BCUT2D eigenvalue weighted by Crippen LogP contribution is 2.37. The predicted molar refractivity (Wildman–Crippen MR) is 78.6 cm³/mol. The van der Waals surface area contributed by atoms with Gasteiger partial charge in [-0.25, -0.2) is 0 Å². The van der Waals surface area contributed by atoms with Gasteiger partial charge in [0.15, 0.2) is 5.79 Å². The van der Waals surface area contributed by atoms with Gasteiger partial charge in [-0.1, -0.05) is 11.6 Å². The number of hydrogen-bond acceptors (Lipinski definition) is 5. The Bertz CT molecular complexity index is 536. The lowest BCUT2D eigenvalue weighted by Crippen LogP contribution is -2.39. The molecule has 0 atom stereocenters. The van der Waals surface area contributed by atoms with Crippen molar-refractivity contribution in [2.24, 2.45) is 0 Å². The van der Waals surface area contributed by atoms with E-state index in [9.17, 15) is 10.1 Å². The van der Waals surface area contributed by atoms with Gasteiger partial charge >= 0.3 is 0 Å². The van der Waals surface area contributed by atoms with Crippen LogP contribution in [0.1, 0.15) is 25.7 Å². The zero-order valence-electron chi connectivity index (χ0n) is 11.5. The van der Waals surface area contributed by atoms with Crippen LogP contribution in [0, 0.1) is 10.1 Å². The van der Waals surface area contributed by atoms with Crippen molar-refractivity contribution in [2.75, 3.05) is 18.5 Å². The molecule has 21 heavy (non-hydrogen) atoms. The number of nitro benzene ring substituents is 1. The summed E-state index contributed by atoms with van der Waals surface area (Å²) in [6, 6.07) is 4.77. The molecule has 1 N–H and O–H groups in total. The number of nitrogens with one attached hydrogen (secondary N) is 1. The van der Waals surface area contributed by atoms with E-state index in [0.717, 1.165) is 31.4 Å². The maximum Gasteiger partial charge on any atom is 0.271 e. The molecule has 2 fully saturated rings. The molecule has 3 rings (SSSR count). The largest absolute Gasteiger partial charge is 0.381 e. The lowest BCUT2D eigenvalue weighted by Gasteiger charge is -2.36. The average molecular weight is 313 g/mol. The summed E-state index contributed by atoms with van der Waals surface area (Å²) in [6.07, 6.45) is 3.56. The van der Waals surface area contributed by atoms with Crippen molar-refractivity contribution in [1.29, 1.82) is 0 Å². The summed E-state index contributed by atoms with van der Waals surface area (Å²) in [6.45, 7) is 1.35. The molecule has 6 nitrogen and oxygen atoms in total. The van der Waals surface area contributed by atoms with Gasteiger partial charge in [-0.2, -0.15) is 0 Å². The van der Waals surface area contributed by atoms with Gasteiger partial charge in [0.25, 0.3) is 5.69 Å². The van der Waals surface area contributed by atoms with E-state index in [0.29, 0.717) is 18.2 Å². The highest BCUT2D eigenvalue weighted by Gasteiger charge is 2.40. The molecule has 1 aliphatic carbocycles. The first-order valence-corrected chi connectivity index (χ1v) is 7.44. The van der Waals surface area contributed by atoms with Crippen molar-refractivity contribution in [3.63, 3.8) is 0 Å². The fourth-order valence-electron chi connectivity index (χ4n) is 2.94. The van der Waals surface area contributed by atoms with Gasteiger partial charge in [-0.15, -0.1) is 0 Å². The molecule has 2 aliphatic rings. The summed E-state index contributed by atoms with van der Waals surface area (Å²) in [5.74, 6) is -0.378. The first-order chi connectivity index (χ1) is 10.1. The van der Waals surface area contributed by atoms with E-state index in [1.165, 1.54) is 12.1 Å². The van der Waals surface area contributed by atoms with Crippen LogP contribution >= 0.6 is 11.6 Å². The van der Waals surface area contributed by atoms with Crippen LogP contribution in [0.5, 0.6) is 0 Å². The second-order valence-corrected chi connectivity index (χ2v) is 5.85. The molecule has 1 saturated carbocycles. The summed E-state index contributed by atoms with van der Waals surface area (Å²) in [7, 11) is 0. The molecular formula is C14H17ClN2O4. The number of benzene rings is 1. The third-order valence-corrected chi connectivity index (χ3v) is 4.40. The molecule has 114 valence electrons. The van der Waals surface area contributed by atoms with Gasteiger partial charge < -0.3 is 14.8 Å². The van der Waals surface area contributed by atoms with Gasteiger partial charge in [-0.3, -0.25) is 10.1 Å². The Kier molecular flexibility index (Phi) is 4.01. The highest BCUT2D eigenvalue weighted by molar-refractivity contribution is 6.33. The zero-order chi connectivity index (χ0) is 14.9. The molecule has 0 unspecified atom stereocenters. The fraction of sp³-hybridized carbons (Fsp3) is 0.571. The second kappa shape index (κ2) is 5.79. The third kappa shape index (κ3) is 3.12. The minimum atomic E-state index is -0.450. The van der Waals surface area contributed by atoms with Gasteiger partial charge in [0, 0.05) is 31.0 Å². The SMILES string of the molecule is O=[N+]([O-])c1ccc(NC2CCC3(CC2)OCCO3)c(Cl)c1. The van der Waals surface area contributed by atoms with Crippen LogP contribution in [0.25, 0.3) is 0 Å². The zero-order valence-corrected chi connectivity index (χ0v) is 12.3. The Morgan fingerprint density at radius 2 is 1.95 bits per heavy atom. The minimum absolute atomic E-state index is 0.000836. The molecule has 1 spiro atoms. The van der Waals surface area contributed by atoms with Crippen molar-refractivity contribution >= 4 is 23.0 Å². The number of rotatable bonds is 3. The van der Waals surface area contributed by atoms with E-state index >= 15 is 0 Å². The molecule has 1 saturated heterocycles. The molecule has 0 radical (unpaired) electrons. The number of halogens is 1. The first kappa shape index (κ1) is 14.6. The van der Waals surface area contributed by atoms with Crippen LogP contribution in [0.3, 0.4) is 0 Å². The number of nitrogens with zero attached hydrogens (tertiary/aromatic N) is 1. The smallest absolute Gasteiger partial charge is 0.271 e. The summed E-state index contributed by atoms with van der Waals surface area (Å²) in [5.41, 5.74) is 0.734. The minimum Gasteiger partial charge on any atom is -0.381 e. The Balaban J connectivity index is 1.61. The van der Waals surface area contributed by atoms with Gasteiger partial charge in [0.2, 0.25) is 0 Å². The van der Waals surface area contributed by atoms with E-state index < -0.39 is 4.92 Å². The molecule has 1 aromatic carbocycles. The summed E-state index contributed by atoms with van der Waals surface area (Å²) in [4.78, 5) is 10.2. The molecular weight excluding hydrogens is 296 g/mol. The van der Waals surface area contributed by atoms with Gasteiger partial charge in [-0.05, 0) is 18.9 Å². The Morgan fingerprint density at radius 3 is 2.52 bits per heavy atom. The van der Waals surface area contributed by atoms with Crippen LogP contribution in [0.15, 0.2) is 18.2 Å². The van der Waals surface area contributed by atoms with Crippen LogP contribution in [0.4, 0.5) is 11.4 Å². The van der Waals surface area contributed by atoms with E-state index in [1.54, 1.807) is 6.07 Å². The number of non-ortho nitro benzene ring substituents is 1. The Labute approximate surface area is 127 Å². The molecule has 1 aromatic rings. The standard InChI is InChI=1S/C14H17ClN2O4/c15-12-9-11(17(18)19)1-2-13(12)16-10-3-5-14(6-4-10)20-7-8-21-14/h1-2,9-10,16H,3-8H2. The third-order valence-electron chi connectivity index (χ3n) is 4.08. The monoisotopic (exact) mass is 312 g/mol. The first-order valence-electron chi connectivity index (χ1n) is 7.06. The number of nitro groups is 1. The lowest BCUT2D eigenvalue weighted by molar-refractivity contribution is -0.384. The van der Waals surface area contributed by atoms with Crippen molar-refractivity contribution in [2.45, 2.75) is 37.5 Å². The molecule has 0 aromatic heterocycles. The maximum absolute atomic E-state index is 10.7. The molecule has 7 heteroatoms. The van der Waals surface area contributed by atoms with Gasteiger partial charge in [0.05, 0.1) is 28.8 Å². The second-order valence-electron chi connectivity index (χ2n) is 5.45. The Morgan fingerprint density at radius 1 is 1.29 bits per heavy atom. The topological polar surface area (TPSA) is 73.6 Å². The molecule has 1 heterocycles. The summed E-state index contributed by atoms with van der Waals surface area (Å²) >= 11 is 6.10. The highest BCUT2D eigenvalue weighted by atomic mass is 35.5. The molecule has 0 amide bonds. The maximum atomic E-state index is 10.7. The fourth-order valence-corrected chi connectivity index (χ4v) is 3.17. The van der Waals surface area contributed by atoms with E-state index in [-0.39, 0.29) is 17.5 Å². The number of hydrogen-bond donors (Lipinski definition) is 1. The van der Waals surface area contributed by atoms with E-state index in [2.05, 4.69) is 5.32 Å². The van der Waals surface area contributed by atoms with Crippen LogP contribution in [-0.2, 0) is 9.47 Å². The van der Waals surface area contributed by atoms with E-state index in [1.807, 2.05) is 0 Å². The number of anilines is 1. The predicted octanol–water partition coefficient (Wildman–Crippen LogP) is 3.35. The summed E-state index contributed by atoms with van der Waals surface area (Å²) in [5, 5.41) is 14.4. The van der Waals surface area contributed by atoms with Crippen LogP contribution in [-0.4, -0.2) is 30.0 Å². The van der Waals surface area contributed by atoms with E-state index in [4.69, 9.17) is 21.1 Å². The van der Waals surface area contributed by atoms with Crippen molar-refractivity contribution in [1.82, 2.24) is 0 Å². The average Bonchev–Trinajstić information content (AvgIpc) is 2.92. The quantitative estimate of drug-likeness (QED) is 0.684. The van der Waals surface area contributed by atoms with Gasteiger partial charge in [0.1, 0.15) is 0 Å². The lowest BCUT2D eigenvalue weighted by atomic mass is 9.90. The Hall–Kier alpha value is -1.37.